The lowest BCUT2D eigenvalue weighted by molar-refractivity contribution is 0.102. The van der Waals surface area contributed by atoms with Crippen LogP contribution >= 0.6 is 0 Å². The van der Waals surface area contributed by atoms with E-state index in [9.17, 15) is 9.18 Å². The van der Waals surface area contributed by atoms with Crippen molar-refractivity contribution in [3.63, 3.8) is 0 Å². The Hall–Kier alpha value is -2.74. The molecule has 0 spiro atoms. The van der Waals surface area contributed by atoms with E-state index in [1.807, 2.05) is 18.7 Å². The monoisotopic (exact) mass is 443 g/mol. The van der Waals surface area contributed by atoms with Gasteiger partial charge in [-0.1, -0.05) is 20.8 Å². The Bertz CT molecular complexity index is 884. The minimum Gasteiger partial charge on any atom is -0.378 e. The summed E-state index contributed by atoms with van der Waals surface area (Å²) in [6.07, 6.45) is 4.93. The fraction of sp³-hybridized carbons (Fsp3) is 0.542. The highest BCUT2D eigenvalue weighted by Crippen LogP contribution is 2.31. The van der Waals surface area contributed by atoms with Crippen molar-refractivity contribution in [3.8, 4) is 0 Å². The van der Waals surface area contributed by atoms with E-state index in [1.165, 1.54) is 25.2 Å². The molecule has 1 aliphatic heterocycles. The van der Waals surface area contributed by atoms with Crippen LogP contribution in [0.15, 0.2) is 30.6 Å². The van der Waals surface area contributed by atoms with E-state index in [0.29, 0.717) is 37.7 Å². The maximum atomic E-state index is 14.6. The second-order valence-corrected chi connectivity index (χ2v) is 7.87. The van der Waals surface area contributed by atoms with E-state index in [4.69, 9.17) is 4.74 Å². The van der Waals surface area contributed by atoms with Crippen LogP contribution in [0.25, 0.3) is 0 Å². The maximum Gasteiger partial charge on any atom is 0.274 e. The van der Waals surface area contributed by atoms with E-state index in [1.54, 1.807) is 18.2 Å². The Morgan fingerprint density at radius 1 is 1.22 bits per heavy atom. The van der Waals surface area contributed by atoms with Crippen LogP contribution in [-0.4, -0.2) is 55.3 Å². The number of morpholine rings is 1. The molecule has 1 amide bonds. The fourth-order valence-electron chi connectivity index (χ4n) is 3.67. The van der Waals surface area contributed by atoms with Gasteiger partial charge in [-0.25, -0.2) is 14.4 Å². The number of rotatable bonds is 8. The highest BCUT2D eigenvalue weighted by atomic mass is 19.1. The van der Waals surface area contributed by atoms with Crippen molar-refractivity contribution in [1.82, 2.24) is 9.97 Å². The third kappa shape index (κ3) is 6.38. The molecule has 1 aromatic heterocycles. The molecule has 4 rings (SSSR count). The summed E-state index contributed by atoms with van der Waals surface area (Å²) < 4.78 is 19.9. The van der Waals surface area contributed by atoms with Crippen molar-refractivity contribution in [2.45, 2.75) is 40.0 Å². The summed E-state index contributed by atoms with van der Waals surface area (Å²) in [5.74, 6) is 0.742. The second kappa shape index (κ2) is 11.8. The number of anilines is 3. The summed E-state index contributed by atoms with van der Waals surface area (Å²) in [6, 6.07) is 6.47. The smallest absolute Gasteiger partial charge is 0.274 e. The van der Waals surface area contributed by atoms with Gasteiger partial charge in [0.25, 0.3) is 5.91 Å². The molecule has 7 nitrogen and oxygen atoms in total. The third-order valence-electron chi connectivity index (χ3n) is 5.44. The molecule has 2 heterocycles. The zero-order valence-electron chi connectivity index (χ0n) is 19.3. The lowest BCUT2D eigenvalue weighted by Crippen LogP contribution is -2.36. The normalized spacial score (nSPS) is 15.6. The van der Waals surface area contributed by atoms with Crippen molar-refractivity contribution in [2.24, 2.45) is 5.92 Å². The van der Waals surface area contributed by atoms with Crippen molar-refractivity contribution >= 4 is 23.1 Å². The lowest BCUT2D eigenvalue weighted by Gasteiger charge is -2.29. The van der Waals surface area contributed by atoms with Crippen LogP contribution in [0.2, 0.25) is 0 Å². The molecule has 0 unspecified atom stereocenters. The van der Waals surface area contributed by atoms with Crippen LogP contribution in [0.5, 0.6) is 0 Å². The summed E-state index contributed by atoms with van der Waals surface area (Å²) in [6.45, 7) is 10.5. The van der Waals surface area contributed by atoms with E-state index in [-0.39, 0.29) is 17.4 Å². The van der Waals surface area contributed by atoms with E-state index in [2.05, 4.69) is 27.1 Å². The number of nitrogens with one attached hydrogen (secondary N) is 1. The first kappa shape index (κ1) is 23.9. The van der Waals surface area contributed by atoms with Crippen LogP contribution in [0.3, 0.4) is 0 Å². The molecule has 1 aromatic carbocycles. The molecule has 0 radical (unpaired) electrons. The number of halogens is 1. The largest absolute Gasteiger partial charge is 0.378 e. The summed E-state index contributed by atoms with van der Waals surface area (Å²) in [5, 5.41) is 2.75. The van der Waals surface area contributed by atoms with Gasteiger partial charge in [0.2, 0.25) is 0 Å². The number of aromatic nitrogens is 2. The predicted octanol–water partition coefficient (Wildman–Crippen LogP) is 4.36. The number of amides is 1. The zero-order valence-corrected chi connectivity index (χ0v) is 19.3. The first-order valence-corrected chi connectivity index (χ1v) is 11.6. The Labute approximate surface area is 190 Å². The van der Waals surface area contributed by atoms with E-state index >= 15 is 0 Å². The van der Waals surface area contributed by atoms with Gasteiger partial charge >= 0.3 is 0 Å². The standard InChI is InChI=1S/C22H28FN5O2.C2H6/c1-2-7-28(14-16-3-4-16)21-13-19(24-15-25-21)22(29)26-17-5-6-20(18(23)12-17)27-8-10-30-11-9-27;1-2/h5-6,12-13,15-16H,2-4,7-11,14H2,1H3,(H,26,29);1-2H3. The molecule has 1 saturated carbocycles. The van der Waals surface area contributed by atoms with Gasteiger partial charge in [0.15, 0.2) is 0 Å². The molecule has 0 atom stereocenters. The summed E-state index contributed by atoms with van der Waals surface area (Å²) in [7, 11) is 0. The first-order valence-electron chi connectivity index (χ1n) is 11.6. The molecule has 174 valence electrons. The van der Waals surface area contributed by atoms with Gasteiger partial charge in [-0.2, -0.15) is 0 Å². The van der Waals surface area contributed by atoms with Crippen LogP contribution in [0, 0.1) is 11.7 Å². The van der Waals surface area contributed by atoms with E-state index < -0.39 is 0 Å². The highest BCUT2D eigenvalue weighted by Gasteiger charge is 2.25. The van der Waals surface area contributed by atoms with Gasteiger partial charge in [0.05, 0.1) is 18.9 Å². The minimum atomic E-state index is -0.375. The van der Waals surface area contributed by atoms with E-state index in [0.717, 1.165) is 31.2 Å². The molecule has 1 saturated heterocycles. The fourth-order valence-corrected chi connectivity index (χ4v) is 3.67. The van der Waals surface area contributed by atoms with Gasteiger partial charge < -0.3 is 19.9 Å². The van der Waals surface area contributed by atoms with Crippen LogP contribution < -0.4 is 15.1 Å². The van der Waals surface area contributed by atoms with Gasteiger partial charge in [0, 0.05) is 37.9 Å². The summed E-state index contributed by atoms with van der Waals surface area (Å²) >= 11 is 0. The number of hydrogen-bond acceptors (Lipinski definition) is 6. The molecule has 2 aromatic rings. The molecular weight excluding hydrogens is 409 g/mol. The molecule has 2 aliphatic rings. The third-order valence-corrected chi connectivity index (χ3v) is 5.44. The Morgan fingerprint density at radius 2 is 1.97 bits per heavy atom. The maximum absolute atomic E-state index is 14.6. The van der Waals surface area contributed by atoms with Gasteiger partial charge in [-0.05, 0) is 43.4 Å². The number of hydrogen-bond donors (Lipinski definition) is 1. The topological polar surface area (TPSA) is 70.6 Å². The molecule has 2 fully saturated rings. The average Bonchev–Trinajstić information content (AvgIpc) is 3.65. The lowest BCUT2D eigenvalue weighted by atomic mass is 10.2. The van der Waals surface area contributed by atoms with Crippen molar-refractivity contribution in [3.05, 3.63) is 42.1 Å². The molecule has 1 aliphatic carbocycles. The quantitative estimate of drug-likeness (QED) is 0.654. The van der Waals surface area contributed by atoms with Crippen LogP contribution in [0.4, 0.5) is 21.6 Å². The first-order chi connectivity index (χ1) is 15.6. The number of carbonyl (C=O) groups excluding carboxylic acids is 1. The van der Waals surface area contributed by atoms with Crippen molar-refractivity contribution in [2.75, 3.05) is 54.5 Å². The van der Waals surface area contributed by atoms with Gasteiger partial charge in [-0.15, -0.1) is 0 Å². The van der Waals surface area contributed by atoms with Crippen LogP contribution in [0.1, 0.15) is 50.5 Å². The Morgan fingerprint density at radius 3 is 2.62 bits per heavy atom. The molecule has 0 bridgehead atoms. The summed E-state index contributed by atoms with van der Waals surface area (Å²) in [5.41, 5.74) is 1.20. The minimum absolute atomic E-state index is 0.273. The predicted molar refractivity (Wildman–Crippen MR) is 126 cm³/mol. The molecule has 1 N–H and O–H groups in total. The van der Waals surface area contributed by atoms with Crippen molar-refractivity contribution < 1.29 is 13.9 Å². The second-order valence-electron chi connectivity index (χ2n) is 7.87. The average molecular weight is 444 g/mol. The Balaban J connectivity index is 0.00000141. The van der Waals surface area contributed by atoms with Gasteiger partial charge in [-0.3, -0.25) is 4.79 Å². The number of ether oxygens (including phenoxy) is 1. The van der Waals surface area contributed by atoms with Crippen LogP contribution in [-0.2, 0) is 4.74 Å². The summed E-state index contributed by atoms with van der Waals surface area (Å²) in [4.78, 5) is 25.4. The number of carbonyl (C=O) groups is 1. The zero-order chi connectivity index (χ0) is 22.9. The molecule has 32 heavy (non-hydrogen) atoms. The highest BCUT2D eigenvalue weighted by molar-refractivity contribution is 6.03. The molecular formula is C24H34FN5O2. The molecule has 8 heteroatoms. The van der Waals surface area contributed by atoms with Crippen molar-refractivity contribution in [1.29, 1.82) is 0 Å². The SMILES string of the molecule is CC.CCCN(CC1CC1)c1cc(C(=O)Nc2ccc(N3CCOCC3)c(F)c2)ncn1. The number of benzene rings is 1. The number of nitrogens with zero attached hydrogens (tertiary/aromatic N) is 4. The van der Waals surface area contributed by atoms with Gasteiger partial charge in [0.1, 0.15) is 23.7 Å². The Kier molecular flexibility index (Phi) is 8.79.